The lowest BCUT2D eigenvalue weighted by atomic mass is 9.93. The number of hydrogen-bond acceptors (Lipinski definition) is 2. The minimum absolute atomic E-state index is 0.337. The van der Waals surface area contributed by atoms with Gasteiger partial charge in [-0.05, 0) is 41.5 Å². The molecule has 0 aliphatic rings. The minimum Gasteiger partial charge on any atom is -0.422 e. The van der Waals surface area contributed by atoms with Crippen molar-refractivity contribution in [2.45, 2.75) is 0 Å². The molecule has 3 aromatic carbocycles. The Bertz CT molecular complexity index is 1110. The number of hydrogen-bond donors (Lipinski definition) is 0. The molecule has 0 atom stereocenters. The fourth-order valence-electron chi connectivity index (χ4n) is 2.96. The van der Waals surface area contributed by atoms with E-state index in [4.69, 9.17) is 4.42 Å². The van der Waals surface area contributed by atoms with Crippen LogP contribution in [0.5, 0.6) is 0 Å². The van der Waals surface area contributed by atoms with Crippen LogP contribution in [0.3, 0.4) is 0 Å². The number of halogens is 2. The predicted octanol–water partition coefficient (Wildman–Crippen LogP) is 6.65. The molecule has 0 unspecified atom stereocenters. The van der Waals surface area contributed by atoms with E-state index >= 15 is 0 Å². The van der Waals surface area contributed by atoms with Gasteiger partial charge < -0.3 is 4.42 Å². The summed E-state index contributed by atoms with van der Waals surface area (Å²) in [5.74, 6) is 0. The maximum absolute atomic E-state index is 12.8. The second-order valence-corrected chi connectivity index (χ2v) is 7.48. The highest BCUT2D eigenvalue weighted by atomic mass is 79.9. The van der Waals surface area contributed by atoms with Gasteiger partial charge in [-0.3, -0.25) is 0 Å². The summed E-state index contributed by atoms with van der Waals surface area (Å²) in [6.45, 7) is 0. The topological polar surface area (TPSA) is 30.2 Å². The van der Waals surface area contributed by atoms with Gasteiger partial charge in [0.25, 0.3) is 0 Å². The summed E-state index contributed by atoms with van der Waals surface area (Å²) in [6.07, 6.45) is 0. The lowest BCUT2D eigenvalue weighted by molar-refractivity contribution is 0.564. The average Bonchev–Trinajstić information content (AvgIpc) is 2.63. The molecule has 1 aromatic heterocycles. The van der Waals surface area contributed by atoms with Crippen LogP contribution in [-0.4, -0.2) is 0 Å². The van der Waals surface area contributed by atoms with E-state index in [9.17, 15) is 4.79 Å². The predicted molar refractivity (Wildman–Crippen MR) is 109 cm³/mol. The zero-order valence-electron chi connectivity index (χ0n) is 13.0. The summed E-state index contributed by atoms with van der Waals surface area (Å²) >= 11 is 6.96. The Morgan fingerprint density at radius 2 is 1.32 bits per heavy atom. The van der Waals surface area contributed by atoms with Crippen LogP contribution in [0, 0.1) is 0 Å². The molecular formula is C21H12Br2O2. The molecule has 0 bridgehead atoms. The first-order valence-electron chi connectivity index (χ1n) is 7.71. The maximum atomic E-state index is 12.8. The Morgan fingerprint density at radius 3 is 2.04 bits per heavy atom. The number of benzene rings is 3. The molecule has 0 aliphatic heterocycles. The first-order chi connectivity index (χ1) is 12.1. The monoisotopic (exact) mass is 454 g/mol. The lowest BCUT2D eigenvalue weighted by Gasteiger charge is -2.12. The van der Waals surface area contributed by atoms with Crippen LogP contribution in [0.4, 0.5) is 0 Å². The molecule has 1 heterocycles. The molecule has 0 amide bonds. The van der Waals surface area contributed by atoms with E-state index in [1.165, 1.54) is 0 Å². The third kappa shape index (κ3) is 3.08. The van der Waals surface area contributed by atoms with Crippen molar-refractivity contribution in [3.63, 3.8) is 0 Å². The zero-order chi connectivity index (χ0) is 17.4. The second kappa shape index (κ2) is 6.62. The van der Waals surface area contributed by atoms with Crippen molar-refractivity contribution >= 4 is 42.8 Å². The Hall–Kier alpha value is -2.17. The van der Waals surface area contributed by atoms with Gasteiger partial charge in [-0.25, -0.2) is 4.79 Å². The van der Waals surface area contributed by atoms with Crippen molar-refractivity contribution in [1.29, 1.82) is 0 Å². The number of fused-ring (bicyclic) bond motifs is 1. The highest BCUT2D eigenvalue weighted by molar-refractivity contribution is 9.10. The fraction of sp³-hybridized carbons (Fsp3) is 0. The molecule has 4 rings (SSSR count). The van der Waals surface area contributed by atoms with Crippen molar-refractivity contribution in [2.24, 2.45) is 0 Å². The quantitative estimate of drug-likeness (QED) is 0.316. The molecule has 0 spiro atoms. The molecule has 2 nitrogen and oxygen atoms in total. The van der Waals surface area contributed by atoms with Crippen LogP contribution < -0.4 is 5.63 Å². The molecule has 122 valence electrons. The fourth-order valence-corrected chi connectivity index (χ4v) is 3.58. The Morgan fingerprint density at radius 1 is 0.680 bits per heavy atom. The summed E-state index contributed by atoms with van der Waals surface area (Å²) in [4.78, 5) is 12.8. The smallest absolute Gasteiger partial charge is 0.344 e. The van der Waals surface area contributed by atoms with Crippen LogP contribution in [-0.2, 0) is 0 Å². The van der Waals surface area contributed by atoms with Crippen LogP contribution in [0.2, 0.25) is 0 Å². The molecule has 25 heavy (non-hydrogen) atoms. The molecule has 0 saturated carbocycles. The van der Waals surface area contributed by atoms with Crippen molar-refractivity contribution in [1.82, 2.24) is 0 Å². The van der Waals surface area contributed by atoms with Gasteiger partial charge >= 0.3 is 5.63 Å². The van der Waals surface area contributed by atoms with Crippen LogP contribution in [0.25, 0.3) is 33.2 Å². The van der Waals surface area contributed by atoms with Gasteiger partial charge in [0.15, 0.2) is 0 Å². The third-order valence-electron chi connectivity index (χ3n) is 4.06. The van der Waals surface area contributed by atoms with Gasteiger partial charge in [0.05, 0.1) is 5.56 Å². The van der Waals surface area contributed by atoms with Gasteiger partial charge in [0.2, 0.25) is 0 Å². The van der Waals surface area contributed by atoms with E-state index in [0.29, 0.717) is 11.1 Å². The minimum atomic E-state index is -0.337. The van der Waals surface area contributed by atoms with Crippen LogP contribution in [0.1, 0.15) is 0 Å². The summed E-state index contributed by atoms with van der Waals surface area (Å²) in [5.41, 5.74) is 3.51. The zero-order valence-corrected chi connectivity index (χ0v) is 16.2. The Kier molecular flexibility index (Phi) is 4.32. The van der Waals surface area contributed by atoms with Crippen LogP contribution >= 0.6 is 31.9 Å². The normalized spacial score (nSPS) is 11.0. The summed E-state index contributed by atoms with van der Waals surface area (Å²) in [6, 6.07) is 23.3. The van der Waals surface area contributed by atoms with E-state index in [1.807, 2.05) is 72.8 Å². The summed E-state index contributed by atoms with van der Waals surface area (Å²) in [7, 11) is 0. The van der Waals surface area contributed by atoms with Gasteiger partial charge in [-0.1, -0.05) is 74.3 Å². The van der Waals surface area contributed by atoms with Crippen LogP contribution in [0.15, 0.2) is 91.0 Å². The van der Waals surface area contributed by atoms with Crippen molar-refractivity contribution in [2.75, 3.05) is 0 Å². The molecule has 0 aliphatic carbocycles. The van der Waals surface area contributed by atoms with Gasteiger partial charge in [0.1, 0.15) is 5.58 Å². The van der Waals surface area contributed by atoms with Gasteiger partial charge in [-0.15, -0.1) is 0 Å². The summed E-state index contributed by atoms with van der Waals surface area (Å²) < 4.78 is 7.51. The molecule has 4 heteroatoms. The standard InChI is InChI=1S/C21H12Br2O2/c22-15-8-6-14(7-9-15)20-19(13-4-2-1-3-5-13)17-12-16(23)10-11-18(17)25-21(20)24/h1-12H. The largest absolute Gasteiger partial charge is 0.422 e. The molecule has 0 fully saturated rings. The average molecular weight is 456 g/mol. The SMILES string of the molecule is O=c1oc2ccc(Br)cc2c(-c2ccccc2)c1-c1ccc(Br)cc1. The third-order valence-corrected chi connectivity index (χ3v) is 5.09. The molecule has 0 saturated heterocycles. The van der Waals surface area contributed by atoms with Crippen molar-refractivity contribution in [3.05, 3.63) is 92.2 Å². The molecule has 0 radical (unpaired) electrons. The Balaban J connectivity index is 2.16. The van der Waals surface area contributed by atoms with E-state index in [0.717, 1.165) is 31.0 Å². The van der Waals surface area contributed by atoms with E-state index in [-0.39, 0.29) is 5.63 Å². The van der Waals surface area contributed by atoms with E-state index < -0.39 is 0 Å². The second-order valence-electron chi connectivity index (χ2n) is 5.65. The first-order valence-corrected chi connectivity index (χ1v) is 9.30. The summed E-state index contributed by atoms with van der Waals surface area (Å²) in [5, 5.41) is 0.901. The van der Waals surface area contributed by atoms with E-state index in [1.54, 1.807) is 0 Å². The molecule has 0 N–H and O–H groups in total. The Labute approximate surface area is 161 Å². The molecular weight excluding hydrogens is 444 g/mol. The highest BCUT2D eigenvalue weighted by Crippen LogP contribution is 2.37. The van der Waals surface area contributed by atoms with E-state index in [2.05, 4.69) is 31.9 Å². The first kappa shape index (κ1) is 16.3. The number of rotatable bonds is 2. The highest BCUT2D eigenvalue weighted by Gasteiger charge is 2.18. The lowest BCUT2D eigenvalue weighted by Crippen LogP contribution is -2.06. The maximum Gasteiger partial charge on any atom is 0.344 e. The van der Waals surface area contributed by atoms with Crippen molar-refractivity contribution < 1.29 is 4.42 Å². The van der Waals surface area contributed by atoms with Crippen molar-refractivity contribution in [3.8, 4) is 22.3 Å². The molecule has 4 aromatic rings. The van der Waals surface area contributed by atoms with Gasteiger partial charge in [0, 0.05) is 19.9 Å². The van der Waals surface area contributed by atoms with Gasteiger partial charge in [-0.2, -0.15) is 0 Å².